The number of fused-ring (bicyclic) bond motifs is 1. The Kier molecular flexibility index (Phi) is 7.06. The third-order valence-electron chi connectivity index (χ3n) is 4.20. The van der Waals surface area contributed by atoms with Gasteiger partial charge in [-0.3, -0.25) is 4.55 Å². The molecule has 2 rings (SSSR count). The monoisotopic (exact) mass is 350 g/mol. The molecule has 0 atom stereocenters. The summed E-state index contributed by atoms with van der Waals surface area (Å²) in [6, 6.07) is 11.3. The van der Waals surface area contributed by atoms with Crippen LogP contribution in [0.1, 0.15) is 57.4 Å². The van der Waals surface area contributed by atoms with Crippen molar-refractivity contribution in [3.8, 4) is 5.75 Å². The Morgan fingerprint density at radius 1 is 0.917 bits per heavy atom. The average Bonchev–Trinajstić information content (AvgIpc) is 2.54. The van der Waals surface area contributed by atoms with Gasteiger partial charge in [-0.1, -0.05) is 81.8 Å². The summed E-state index contributed by atoms with van der Waals surface area (Å²) >= 11 is 0. The summed E-state index contributed by atoms with van der Waals surface area (Å²) in [5, 5.41) is 1.59. The molecule has 0 unspecified atom stereocenters. The van der Waals surface area contributed by atoms with Gasteiger partial charge in [0.15, 0.2) is 5.75 Å². The van der Waals surface area contributed by atoms with E-state index in [1.54, 1.807) is 0 Å². The SMILES string of the molecule is CCCCCCCCCc1ccc2ccccc2c1OS(=O)(=O)O. The lowest BCUT2D eigenvalue weighted by Gasteiger charge is -2.12. The maximum atomic E-state index is 11.2. The molecule has 0 amide bonds. The topological polar surface area (TPSA) is 63.6 Å². The molecular formula is C19H26O4S. The Balaban J connectivity index is 2.07. The van der Waals surface area contributed by atoms with Gasteiger partial charge in [-0.15, -0.1) is 0 Å². The van der Waals surface area contributed by atoms with Gasteiger partial charge >= 0.3 is 10.4 Å². The molecule has 1 N–H and O–H groups in total. The van der Waals surface area contributed by atoms with Crippen LogP contribution in [0.25, 0.3) is 10.8 Å². The van der Waals surface area contributed by atoms with Crippen molar-refractivity contribution in [2.45, 2.75) is 58.3 Å². The van der Waals surface area contributed by atoms with E-state index < -0.39 is 10.4 Å². The second-order valence-electron chi connectivity index (χ2n) is 6.16. The third kappa shape index (κ3) is 5.80. The highest BCUT2D eigenvalue weighted by molar-refractivity contribution is 7.81. The summed E-state index contributed by atoms with van der Waals surface area (Å²) in [6.45, 7) is 2.20. The smallest absolute Gasteiger partial charge is 0.361 e. The molecule has 0 aliphatic rings. The van der Waals surface area contributed by atoms with Crippen LogP contribution in [0.5, 0.6) is 5.75 Å². The van der Waals surface area contributed by atoms with Crippen LogP contribution in [0, 0.1) is 0 Å². The van der Waals surface area contributed by atoms with Crippen molar-refractivity contribution >= 4 is 21.2 Å². The van der Waals surface area contributed by atoms with Gasteiger partial charge in [0, 0.05) is 5.39 Å². The van der Waals surface area contributed by atoms with Crippen molar-refractivity contribution in [3.63, 3.8) is 0 Å². The minimum absolute atomic E-state index is 0.251. The Hall–Kier alpha value is -1.59. The molecular weight excluding hydrogens is 324 g/mol. The third-order valence-corrected chi connectivity index (χ3v) is 4.58. The van der Waals surface area contributed by atoms with Gasteiger partial charge in [0.05, 0.1) is 0 Å². The number of hydrogen-bond acceptors (Lipinski definition) is 3. The molecule has 24 heavy (non-hydrogen) atoms. The standard InChI is InChI=1S/C19H26O4S/c1-2-3-4-5-6-7-8-12-17-15-14-16-11-9-10-13-18(16)19(17)23-24(20,21)22/h9-11,13-15H,2-8,12H2,1H3,(H,20,21,22). The van der Waals surface area contributed by atoms with Gasteiger partial charge in [-0.05, 0) is 23.8 Å². The number of hydrogen-bond donors (Lipinski definition) is 1. The van der Waals surface area contributed by atoms with Gasteiger partial charge in [-0.2, -0.15) is 8.42 Å². The first-order chi connectivity index (χ1) is 11.5. The summed E-state index contributed by atoms with van der Waals surface area (Å²) in [6.07, 6.45) is 9.09. The van der Waals surface area contributed by atoms with Crippen molar-refractivity contribution < 1.29 is 17.2 Å². The fourth-order valence-electron chi connectivity index (χ4n) is 2.96. The Labute approximate surface area is 144 Å². The Bertz CT molecular complexity index is 753. The van der Waals surface area contributed by atoms with Crippen molar-refractivity contribution in [1.82, 2.24) is 0 Å². The molecule has 2 aromatic rings. The second kappa shape index (κ2) is 9.04. The molecule has 0 radical (unpaired) electrons. The minimum Gasteiger partial charge on any atom is -0.361 e. The highest BCUT2D eigenvalue weighted by Gasteiger charge is 2.15. The van der Waals surface area contributed by atoms with Gasteiger partial charge in [0.1, 0.15) is 0 Å². The lowest BCUT2D eigenvalue weighted by molar-refractivity contribution is 0.386. The van der Waals surface area contributed by atoms with E-state index in [1.165, 1.54) is 32.1 Å². The number of rotatable bonds is 10. The van der Waals surface area contributed by atoms with Crippen LogP contribution in [0.2, 0.25) is 0 Å². The normalized spacial score (nSPS) is 11.8. The van der Waals surface area contributed by atoms with E-state index in [-0.39, 0.29) is 5.75 Å². The molecule has 2 aromatic carbocycles. The molecule has 0 spiro atoms. The van der Waals surface area contributed by atoms with Crippen LogP contribution < -0.4 is 4.18 Å². The van der Waals surface area contributed by atoms with Crippen molar-refractivity contribution in [3.05, 3.63) is 42.0 Å². The minimum atomic E-state index is -4.54. The molecule has 0 aromatic heterocycles. The van der Waals surface area contributed by atoms with Crippen LogP contribution in [0.3, 0.4) is 0 Å². The molecule has 0 fully saturated rings. The maximum absolute atomic E-state index is 11.2. The first kappa shape index (κ1) is 18.7. The largest absolute Gasteiger partial charge is 0.446 e. The van der Waals surface area contributed by atoms with E-state index in [2.05, 4.69) is 6.92 Å². The predicted octanol–water partition coefficient (Wildman–Crippen LogP) is 5.31. The predicted molar refractivity (Wildman–Crippen MR) is 97.8 cm³/mol. The summed E-state index contributed by atoms with van der Waals surface area (Å²) < 4.78 is 36.4. The van der Waals surface area contributed by atoms with Crippen molar-refractivity contribution in [2.75, 3.05) is 0 Å². The van der Waals surface area contributed by atoms with E-state index in [9.17, 15) is 8.42 Å². The Morgan fingerprint density at radius 2 is 1.58 bits per heavy atom. The molecule has 132 valence electrons. The fraction of sp³-hybridized carbons (Fsp3) is 0.474. The maximum Gasteiger partial charge on any atom is 0.446 e. The summed E-state index contributed by atoms with van der Waals surface area (Å²) in [4.78, 5) is 0. The molecule has 0 aliphatic carbocycles. The number of unbranched alkanes of at least 4 members (excludes halogenated alkanes) is 6. The van der Waals surface area contributed by atoms with Crippen LogP contribution >= 0.6 is 0 Å². The van der Waals surface area contributed by atoms with Crippen LogP contribution in [-0.4, -0.2) is 13.0 Å². The van der Waals surface area contributed by atoms with Crippen molar-refractivity contribution in [1.29, 1.82) is 0 Å². The highest BCUT2D eigenvalue weighted by Crippen LogP contribution is 2.32. The van der Waals surface area contributed by atoms with E-state index >= 15 is 0 Å². The van der Waals surface area contributed by atoms with E-state index in [1.807, 2.05) is 36.4 Å². The van der Waals surface area contributed by atoms with Crippen molar-refractivity contribution in [2.24, 2.45) is 0 Å². The molecule has 0 heterocycles. The zero-order valence-corrected chi connectivity index (χ0v) is 15.0. The average molecular weight is 350 g/mol. The first-order valence-electron chi connectivity index (χ1n) is 8.69. The molecule has 0 saturated heterocycles. The van der Waals surface area contributed by atoms with E-state index in [4.69, 9.17) is 8.74 Å². The van der Waals surface area contributed by atoms with Gasteiger partial charge in [-0.25, -0.2) is 0 Å². The van der Waals surface area contributed by atoms with E-state index in [0.717, 1.165) is 30.2 Å². The van der Waals surface area contributed by atoms with Gasteiger partial charge in [0.2, 0.25) is 0 Å². The van der Waals surface area contributed by atoms with Gasteiger partial charge < -0.3 is 4.18 Å². The quantitative estimate of drug-likeness (QED) is 0.465. The van der Waals surface area contributed by atoms with E-state index in [0.29, 0.717) is 5.39 Å². The Morgan fingerprint density at radius 3 is 2.29 bits per heavy atom. The molecule has 4 nitrogen and oxygen atoms in total. The van der Waals surface area contributed by atoms with Crippen LogP contribution in [0.4, 0.5) is 0 Å². The molecule has 0 saturated carbocycles. The fourth-order valence-corrected chi connectivity index (χ4v) is 3.37. The van der Waals surface area contributed by atoms with Crippen LogP contribution in [-0.2, 0) is 16.8 Å². The molecule has 5 heteroatoms. The zero-order chi connectivity index (χ0) is 17.4. The molecule has 0 bridgehead atoms. The first-order valence-corrected chi connectivity index (χ1v) is 10.1. The highest BCUT2D eigenvalue weighted by atomic mass is 32.3. The van der Waals surface area contributed by atoms with Gasteiger partial charge in [0.25, 0.3) is 0 Å². The number of benzene rings is 2. The summed E-state index contributed by atoms with van der Waals surface area (Å²) in [5.41, 5.74) is 0.819. The summed E-state index contributed by atoms with van der Waals surface area (Å²) in [5.74, 6) is 0.251. The lowest BCUT2D eigenvalue weighted by Crippen LogP contribution is -2.09. The zero-order valence-electron chi connectivity index (χ0n) is 14.2. The second-order valence-corrected chi connectivity index (χ2v) is 7.18. The number of aryl methyl sites for hydroxylation is 1. The van der Waals surface area contributed by atoms with Crippen LogP contribution in [0.15, 0.2) is 36.4 Å². The lowest BCUT2D eigenvalue weighted by atomic mass is 10.00. The molecule has 0 aliphatic heterocycles. The summed E-state index contributed by atoms with van der Waals surface area (Å²) in [7, 11) is -4.54.